The number of carbonyl (C=O) groups is 2. The Bertz CT molecular complexity index is 971. The summed E-state index contributed by atoms with van der Waals surface area (Å²) in [5.41, 5.74) is 3.57. The lowest BCUT2D eigenvalue weighted by molar-refractivity contribution is -0.137. The van der Waals surface area contributed by atoms with E-state index < -0.39 is 0 Å². The molecular formula is C26H31N3O2. The van der Waals surface area contributed by atoms with Crippen molar-refractivity contribution < 1.29 is 9.59 Å². The van der Waals surface area contributed by atoms with Crippen LogP contribution in [0.2, 0.25) is 0 Å². The number of amides is 2. The molecule has 5 heteroatoms. The lowest BCUT2D eigenvalue weighted by atomic mass is 9.99. The van der Waals surface area contributed by atoms with Crippen LogP contribution in [0, 0.1) is 11.8 Å². The highest BCUT2D eigenvalue weighted by Gasteiger charge is 2.39. The molecule has 2 aliphatic rings. The monoisotopic (exact) mass is 417 g/mol. The van der Waals surface area contributed by atoms with Crippen molar-refractivity contribution in [2.75, 3.05) is 29.9 Å². The first-order valence-electron chi connectivity index (χ1n) is 11.2. The minimum absolute atomic E-state index is 0.204. The van der Waals surface area contributed by atoms with E-state index in [4.69, 9.17) is 0 Å². The molecule has 2 aromatic rings. The van der Waals surface area contributed by atoms with Gasteiger partial charge in [-0.2, -0.15) is 0 Å². The van der Waals surface area contributed by atoms with Crippen LogP contribution in [-0.4, -0.2) is 36.3 Å². The van der Waals surface area contributed by atoms with Gasteiger partial charge < -0.3 is 10.2 Å². The number of hydrogen-bond donors (Lipinski definition) is 1. The van der Waals surface area contributed by atoms with Gasteiger partial charge in [-0.05, 0) is 54.5 Å². The maximum absolute atomic E-state index is 13.2. The Kier molecular flexibility index (Phi) is 6.12. The number of rotatable bonds is 6. The Morgan fingerprint density at radius 3 is 2.19 bits per heavy atom. The van der Waals surface area contributed by atoms with E-state index in [-0.39, 0.29) is 17.7 Å². The molecule has 5 nitrogen and oxygen atoms in total. The van der Waals surface area contributed by atoms with E-state index in [2.05, 4.69) is 29.3 Å². The highest BCUT2D eigenvalue weighted by molar-refractivity contribution is 6.36. The molecule has 0 radical (unpaired) electrons. The molecule has 2 aliphatic heterocycles. The molecule has 31 heavy (non-hydrogen) atoms. The van der Waals surface area contributed by atoms with Crippen LogP contribution in [-0.2, 0) is 9.59 Å². The summed E-state index contributed by atoms with van der Waals surface area (Å²) in [6, 6.07) is 17.6. The van der Waals surface area contributed by atoms with Crippen LogP contribution in [0.5, 0.6) is 0 Å². The van der Waals surface area contributed by atoms with Crippen LogP contribution in [0.3, 0.4) is 0 Å². The number of anilines is 2. The summed E-state index contributed by atoms with van der Waals surface area (Å²) in [5.74, 6) is 0.508. The lowest BCUT2D eigenvalue weighted by Crippen LogP contribution is -2.35. The van der Waals surface area contributed by atoms with E-state index in [9.17, 15) is 9.59 Å². The summed E-state index contributed by atoms with van der Waals surface area (Å²) >= 11 is 0. The van der Waals surface area contributed by atoms with Crippen molar-refractivity contribution in [3.63, 3.8) is 0 Å². The van der Waals surface area contributed by atoms with Crippen molar-refractivity contribution in [3.8, 4) is 0 Å². The standard InChI is InChI=1S/C26H31N3O2/c1-18(2)17-29-25(30)23(20-7-5-4-6-8-20)24(26(29)31)27-21-9-11-22(12-10-21)28-15-13-19(3)14-16-28/h4-12,18-19,27H,13-17H2,1-3H3. The third-order valence-electron chi connectivity index (χ3n) is 6.06. The number of nitrogens with one attached hydrogen (secondary N) is 1. The van der Waals surface area contributed by atoms with Gasteiger partial charge in [-0.1, -0.05) is 51.1 Å². The fraction of sp³-hybridized carbons (Fsp3) is 0.385. The highest BCUT2D eigenvalue weighted by atomic mass is 16.2. The molecule has 0 aromatic heterocycles. The molecule has 0 aliphatic carbocycles. The molecule has 0 atom stereocenters. The molecule has 2 aromatic carbocycles. The number of piperidine rings is 1. The average molecular weight is 418 g/mol. The zero-order chi connectivity index (χ0) is 22.0. The van der Waals surface area contributed by atoms with E-state index in [0.717, 1.165) is 30.3 Å². The Morgan fingerprint density at radius 1 is 0.935 bits per heavy atom. The predicted molar refractivity (Wildman–Crippen MR) is 126 cm³/mol. The van der Waals surface area contributed by atoms with Crippen molar-refractivity contribution in [2.24, 2.45) is 11.8 Å². The Morgan fingerprint density at radius 2 is 1.58 bits per heavy atom. The van der Waals surface area contributed by atoms with Crippen molar-refractivity contribution >= 4 is 28.8 Å². The fourth-order valence-electron chi connectivity index (χ4n) is 4.26. The van der Waals surface area contributed by atoms with Crippen LogP contribution in [0.25, 0.3) is 5.57 Å². The molecule has 0 saturated carbocycles. The minimum atomic E-state index is -0.258. The van der Waals surface area contributed by atoms with Gasteiger partial charge in [0.05, 0.1) is 5.57 Å². The number of nitrogens with zero attached hydrogens (tertiary/aromatic N) is 2. The second-order valence-corrected chi connectivity index (χ2v) is 9.07. The van der Waals surface area contributed by atoms with Gasteiger partial charge >= 0.3 is 0 Å². The van der Waals surface area contributed by atoms with E-state index in [1.807, 2.05) is 56.3 Å². The van der Waals surface area contributed by atoms with Gasteiger partial charge in [-0.3, -0.25) is 14.5 Å². The molecular weight excluding hydrogens is 386 g/mol. The highest BCUT2D eigenvalue weighted by Crippen LogP contribution is 2.31. The summed E-state index contributed by atoms with van der Waals surface area (Å²) in [5, 5.41) is 3.26. The summed E-state index contributed by atoms with van der Waals surface area (Å²) in [6.07, 6.45) is 2.44. The van der Waals surface area contributed by atoms with Crippen molar-refractivity contribution in [1.82, 2.24) is 4.90 Å². The van der Waals surface area contributed by atoms with E-state index in [0.29, 0.717) is 17.8 Å². The quantitative estimate of drug-likeness (QED) is 0.688. The predicted octanol–water partition coefficient (Wildman–Crippen LogP) is 4.77. The third kappa shape index (κ3) is 4.50. The van der Waals surface area contributed by atoms with Gasteiger partial charge in [0.15, 0.2) is 0 Å². The lowest BCUT2D eigenvalue weighted by Gasteiger charge is -2.32. The topological polar surface area (TPSA) is 52.7 Å². The first kappa shape index (κ1) is 21.2. The first-order chi connectivity index (χ1) is 14.9. The van der Waals surface area contributed by atoms with Gasteiger partial charge in [0.2, 0.25) is 0 Å². The molecule has 0 unspecified atom stereocenters. The van der Waals surface area contributed by atoms with E-state index in [1.54, 1.807) is 0 Å². The molecule has 0 bridgehead atoms. The van der Waals surface area contributed by atoms with Gasteiger partial charge in [0.1, 0.15) is 5.70 Å². The second kappa shape index (κ2) is 8.96. The van der Waals surface area contributed by atoms with Crippen LogP contribution < -0.4 is 10.2 Å². The van der Waals surface area contributed by atoms with Gasteiger partial charge in [0, 0.05) is 31.0 Å². The summed E-state index contributed by atoms with van der Waals surface area (Å²) in [6.45, 7) is 8.89. The fourth-order valence-corrected chi connectivity index (χ4v) is 4.26. The summed E-state index contributed by atoms with van der Waals surface area (Å²) < 4.78 is 0. The van der Waals surface area contributed by atoms with Gasteiger partial charge in [-0.15, -0.1) is 0 Å². The normalized spacial score (nSPS) is 17.8. The van der Waals surface area contributed by atoms with Crippen LogP contribution in [0.1, 0.15) is 39.2 Å². The maximum atomic E-state index is 13.2. The Hall–Kier alpha value is -3.08. The summed E-state index contributed by atoms with van der Waals surface area (Å²) in [4.78, 5) is 30.1. The first-order valence-corrected chi connectivity index (χ1v) is 11.2. The average Bonchev–Trinajstić information content (AvgIpc) is 2.99. The third-order valence-corrected chi connectivity index (χ3v) is 6.06. The molecule has 1 fully saturated rings. The van der Waals surface area contributed by atoms with E-state index in [1.165, 1.54) is 23.4 Å². The summed E-state index contributed by atoms with van der Waals surface area (Å²) in [7, 11) is 0. The van der Waals surface area contributed by atoms with Gasteiger partial charge in [-0.25, -0.2) is 0 Å². The van der Waals surface area contributed by atoms with Gasteiger partial charge in [0.25, 0.3) is 11.8 Å². The van der Waals surface area contributed by atoms with Crippen LogP contribution >= 0.6 is 0 Å². The molecule has 1 saturated heterocycles. The number of hydrogen-bond acceptors (Lipinski definition) is 4. The second-order valence-electron chi connectivity index (χ2n) is 9.07. The largest absolute Gasteiger partial charge is 0.372 e. The van der Waals surface area contributed by atoms with Crippen LogP contribution in [0.15, 0.2) is 60.3 Å². The van der Waals surface area contributed by atoms with Crippen molar-refractivity contribution in [1.29, 1.82) is 0 Å². The minimum Gasteiger partial charge on any atom is -0.372 e. The molecule has 1 N–H and O–H groups in total. The maximum Gasteiger partial charge on any atom is 0.278 e. The number of benzene rings is 2. The molecule has 162 valence electrons. The number of imide groups is 1. The zero-order valence-electron chi connectivity index (χ0n) is 18.6. The zero-order valence-corrected chi connectivity index (χ0v) is 18.6. The molecule has 2 heterocycles. The number of carbonyl (C=O) groups excluding carboxylic acids is 2. The smallest absolute Gasteiger partial charge is 0.278 e. The molecule has 2 amide bonds. The van der Waals surface area contributed by atoms with Crippen LogP contribution in [0.4, 0.5) is 11.4 Å². The molecule has 0 spiro atoms. The Balaban J connectivity index is 1.60. The van der Waals surface area contributed by atoms with Crippen molar-refractivity contribution in [2.45, 2.75) is 33.6 Å². The van der Waals surface area contributed by atoms with E-state index >= 15 is 0 Å². The SMILES string of the molecule is CC(C)CN1C(=O)C(Nc2ccc(N3CCC(C)CC3)cc2)=C(c2ccccc2)C1=O. The molecule has 4 rings (SSSR count). The van der Waals surface area contributed by atoms with Crippen molar-refractivity contribution in [3.05, 3.63) is 65.9 Å². The Labute approximate surface area is 184 Å².